The van der Waals surface area contributed by atoms with Gasteiger partial charge in [0.25, 0.3) is 5.56 Å². The molecule has 2 heterocycles. The van der Waals surface area contributed by atoms with Gasteiger partial charge in [0.2, 0.25) is 0 Å². The van der Waals surface area contributed by atoms with Crippen molar-refractivity contribution in [3.63, 3.8) is 0 Å². The van der Waals surface area contributed by atoms with Gasteiger partial charge in [0, 0.05) is 6.07 Å². The van der Waals surface area contributed by atoms with Crippen molar-refractivity contribution in [1.29, 1.82) is 0 Å². The highest BCUT2D eigenvalue weighted by Crippen LogP contribution is 2.24. The summed E-state index contributed by atoms with van der Waals surface area (Å²) in [7, 11) is 0. The monoisotopic (exact) mass is 437 g/mol. The molecule has 0 saturated heterocycles. The highest BCUT2D eigenvalue weighted by Gasteiger charge is 2.30. The van der Waals surface area contributed by atoms with Crippen LogP contribution in [0.4, 0.5) is 26.3 Å². The van der Waals surface area contributed by atoms with Gasteiger partial charge in [-0.05, 0) is 24.3 Å². The van der Waals surface area contributed by atoms with E-state index in [-0.39, 0.29) is 23.7 Å². The number of nitrogens with one attached hydrogen (secondary N) is 1. The molecule has 1 N–H and O–H groups in total. The van der Waals surface area contributed by atoms with Crippen LogP contribution in [0.15, 0.2) is 45.5 Å². The van der Waals surface area contributed by atoms with Crippen LogP contribution in [0.25, 0.3) is 5.69 Å². The number of halogens is 6. The Balaban J connectivity index is 1.92. The summed E-state index contributed by atoms with van der Waals surface area (Å²) in [5.74, 6) is -0.148. The average molecular weight is 437 g/mol. The Hall–Kier alpha value is -3.32. The second kappa shape index (κ2) is 8.20. The summed E-state index contributed by atoms with van der Waals surface area (Å²) in [5, 5.41) is 7.18. The smallest absolute Gasteiger partial charge is 0.422 e. The SMILES string of the molecule is O=c1cc(C2CN=NN2)nc(OCC(F)(F)F)n1-c1ccc(OCC(F)(F)F)cc1. The Labute approximate surface area is 164 Å². The molecule has 1 aromatic heterocycles. The van der Waals surface area contributed by atoms with Crippen LogP contribution in [0, 0.1) is 0 Å². The first kappa shape index (κ1) is 21.4. The molecule has 162 valence electrons. The summed E-state index contributed by atoms with van der Waals surface area (Å²) < 4.78 is 84.6. The summed E-state index contributed by atoms with van der Waals surface area (Å²) >= 11 is 0. The predicted molar refractivity (Wildman–Crippen MR) is 88.5 cm³/mol. The molecule has 14 heteroatoms. The van der Waals surface area contributed by atoms with Gasteiger partial charge in [0.05, 0.1) is 17.9 Å². The topological polar surface area (TPSA) is 90.1 Å². The lowest BCUT2D eigenvalue weighted by Gasteiger charge is -2.17. The maximum atomic E-state index is 12.6. The van der Waals surface area contributed by atoms with Crippen molar-refractivity contribution < 1.29 is 35.8 Å². The van der Waals surface area contributed by atoms with Crippen LogP contribution in [0.5, 0.6) is 11.8 Å². The minimum atomic E-state index is -4.69. The van der Waals surface area contributed by atoms with Crippen molar-refractivity contribution in [2.24, 2.45) is 10.3 Å². The van der Waals surface area contributed by atoms with Gasteiger partial charge in [-0.15, -0.1) is 0 Å². The maximum Gasteiger partial charge on any atom is 0.422 e. The fourth-order valence-corrected chi connectivity index (χ4v) is 2.43. The van der Waals surface area contributed by atoms with Gasteiger partial charge in [-0.3, -0.25) is 10.2 Å². The number of aromatic nitrogens is 2. The number of benzene rings is 1. The van der Waals surface area contributed by atoms with Crippen molar-refractivity contribution >= 4 is 0 Å². The van der Waals surface area contributed by atoms with Gasteiger partial charge < -0.3 is 9.47 Å². The van der Waals surface area contributed by atoms with Crippen LogP contribution < -0.4 is 20.5 Å². The fourth-order valence-electron chi connectivity index (χ4n) is 2.43. The van der Waals surface area contributed by atoms with E-state index < -0.39 is 43.2 Å². The largest absolute Gasteiger partial charge is 0.484 e. The Bertz CT molecular complexity index is 963. The van der Waals surface area contributed by atoms with Crippen molar-refractivity contribution in [3.05, 3.63) is 46.4 Å². The first-order chi connectivity index (χ1) is 14.0. The molecular weight excluding hydrogens is 424 g/mol. The van der Waals surface area contributed by atoms with Crippen LogP contribution in [0.3, 0.4) is 0 Å². The summed E-state index contributed by atoms with van der Waals surface area (Å²) in [6.07, 6.45) is -9.23. The van der Waals surface area contributed by atoms with E-state index in [0.29, 0.717) is 0 Å². The van der Waals surface area contributed by atoms with Gasteiger partial charge in [-0.1, -0.05) is 5.22 Å². The molecule has 0 fully saturated rings. The molecule has 0 spiro atoms. The highest BCUT2D eigenvalue weighted by atomic mass is 19.4. The van der Waals surface area contributed by atoms with E-state index >= 15 is 0 Å². The molecule has 1 aliphatic heterocycles. The van der Waals surface area contributed by atoms with Gasteiger partial charge in [0.15, 0.2) is 13.2 Å². The van der Waals surface area contributed by atoms with Crippen LogP contribution in [-0.2, 0) is 0 Å². The van der Waals surface area contributed by atoms with E-state index in [4.69, 9.17) is 4.74 Å². The standard InChI is InChI=1S/C16H13F6N5O3/c17-15(18,19)7-29-10-3-1-9(2-4-10)27-13(28)5-11(12-6-23-26-25-12)24-14(27)30-8-16(20,21)22/h1-5,12H,6-8H2,(H,23,25). The maximum absolute atomic E-state index is 12.6. The molecule has 1 aliphatic rings. The van der Waals surface area contributed by atoms with Crippen LogP contribution in [0.1, 0.15) is 11.7 Å². The van der Waals surface area contributed by atoms with Crippen molar-refractivity contribution in [2.75, 3.05) is 19.8 Å². The van der Waals surface area contributed by atoms with Crippen molar-refractivity contribution in [3.8, 4) is 17.4 Å². The van der Waals surface area contributed by atoms with Crippen LogP contribution in [0.2, 0.25) is 0 Å². The molecule has 2 aromatic rings. The number of hydrogen-bond donors (Lipinski definition) is 1. The number of alkyl halides is 6. The van der Waals surface area contributed by atoms with E-state index in [1.165, 1.54) is 12.1 Å². The van der Waals surface area contributed by atoms with Gasteiger partial charge in [0.1, 0.15) is 11.8 Å². The Morgan fingerprint density at radius 3 is 2.23 bits per heavy atom. The predicted octanol–water partition coefficient (Wildman–Crippen LogP) is 3.13. The fraction of sp³-hybridized carbons (Fsp3) is 0.375. The molecule has 3 rings (SSSR count). The zero-order chi connectivity index (χ0) is 21.9. The Morgan fingerprint density at radius 1 is 1.03 bits per heavy atom. The molecular formula is C16H13F6N5O3. The van der Waals surface area contributed by atoms with E-state index in [2.05, 4.69) is 25.5 Å². The zero-order valence-corrected chi connectivity index (χ0v) is 14.9. The second-order valence-corrected chi connectivity index (χ2v) is 6.04. The summed E-state index contributed by atoms with van der Waals surface area (Å²) in [4.78, 5) is 16.5. The minimum absolute atomic E-state index is 0.0179. The third-order valence-electron chi connectivity index (χ3n) is 3.68. The lowest BCUT2D eigenvalue weighted by atomic mass is 10.2. The molecule has 0 bridgehead atoms. The normalized spacial score (nSPS) is 16.4. The average Bonchev–Trinajstić information content (AvgIpc) is 3.18. The lowest BCUT2D eigenvalue weighted by molar-refractivity contribution is -0.155. The van der Waals surface area contributed by atoms with Crippen LogP contribution in [-0.4, -0.2) is 41.7 Å². The summed E-state index contributed by atoms with van der Waals surface area (Å²) in [5.41, 5.74) is 1.88. The third-order valence-corrected chi connectivity index (χ3v) is 3.68. The zero-order valence-electron chi connectivity index (χ0n) is 14.9. The second-order valence-electron chi connectivity index (χ2n) is 6.04. The molecule has 1 aromatic carbocycles. The summed E-state index contributed by atoms with van der Waals surface area (Å²) in [6, 6.07) is 4.45. The third kappa shape index (κ3) is 5.61. The first-order valence-electron chi connectivity index (χ1n) is 8.27. The van der Waals surface area contributed by atoms with Gasteiger partial charge in [-0.25, -0.2) is 4.57 Å². The van der Waals surface area contributed by atoms with Gasteiger partial charge in [-0.2, -0.15) is 36.4 Å². The molecule has 1 atom stereocenters. The quantitative estimate of drug-likeness (QED) is 0.702. The molecule has 30 heavy (non-hydrogen) atoms. The number of rotatable bonds is 6. The van der Waals surface area contributed by atoms with Crippen LogP contribution >= 0.6 is 0 Å². The molecule has 8 nitrogen and oxygen atoms in total. The Kier molecular flexibility index (Phi) is 5.85. The van der Waals surface area contributed by atoms with E-state index in [1.54, 1.807) is 0 Å². The summed E-state index contributed by atoms with van der Waals surface area (Å²) in [6.45, 7) is -3.10. The minimum Gasteiger partial charge on any atom is -0.484 e. The van der Waals surface area contributed by atoms with Crippen molar-refractivity contribution in [2.45, 2.75) is 18.4 Å². The van der Waals surface area contributed by atoms with Crippen molar-refractivity contribution in [1.82, 2.24) is 15.0 Å². The number of hydrogen-bond acceptors (Lipinski definition) is 7. The molecule has 0 amide bonds. The number of nitrogens with zero attached hydrogens (tertiary/aromatic N) is 4. The highest BCUT2D eigenvalue weighted by molar-refractivity contribution is 5.39. The molecule has 0 saturated carbocycles. The van der Waals surface area contributed by atoms with E-state index in [0.717, 1.165) is 22.8 Å². The number of ether oxygens (including phenoxy) is 2. The molecule has 1 unspecified atom stereocenters. The van der Waals surface area contributed by atoms with E-state index in [1.807, 2.05) is 0 Å². The lowest BCUT2D eigenvalue weighted by Crippen LogP contribution is -2.28. The van der Waals surface area contributed by atoms with E-state index in [9.17, 15) is 31.1 Å². The Morgan fingerprint density at radius 2 is 1.67 bits per heavy atom. The molecule has 0 radical (unpaired) electrons. The van der Waals surface area contributed by atoms with Gasteiger partial charge >= 0.3 is 18.4 Å². The molecule has 0 aliphatic carbocycles. The first-order valence-corrected chi connectivity index (χ1v) is 8.27.